The quantitative estimate of drug-likeness (QED) is 0.855. The van der Waals surface area contributed by atoms with E-state index in [1.165, 1.54) is 11.1 Å². The first-order valence-electron chi connectivity index (χ1n) is 9.01. The van der Waals surface area contributed by atoms with Crippen molar-refractivity contribution in [1.29, 1.82) is 0 Å². The molecule has 3 rings (SSSR count). The van der Waals surface area contributed by atoms with Gasteiger partial charge in [-0.15, -0.1) is 0 Å². The first-order chi connectivity index (χ1) is 12.3. The third-order valence-electron chi connectivity index (χ3n) is 6.18. The van der Waals surface area contributed by atoms with Crippen LogP contribution >= 0.6 is 0 Å². The molecule has 26 heavy (non-hydrogen) atoms. The van der Waals surface area contributed by atoms with Crippen LogP contribution in [0.4, 0.5) is 0 Å². The molecule has 0 amide bonds. The summed E-state index contributed by atoms with van der Waals surface area (Å²) < 4.78 is 11.4. The lowest BCUT2D eigenvalue weighted by molar-refractivity contribution is 0.0317. The van der Waals surface area contributed by atoms with E-state index in [0.29, 0.717) is 5.75 Å². The zero-order chi connectivity index (χ0) is 19.2. The molecule has 0 spiro atoms. The minimum absolute atomic E-state index is 0.151. The van der Waals surface area contributed by atoms with Gasteiger partial charge < -0.3 is 14.6 Å². The second-order valence-electron chi connectivity index (χ2n) is 7.27. The summed E-state index contributed by atoms with van der Waals surface area (Å²) in [5.41, 5.74) is 6.00. The lowest BCUT2D eigenvalue weighted by Crippen LogP contribution is -2.40. The Balaban J connectivity index is 2.43. The summed E-state index contributed by atoms with van der Waals surface area (Å²) in [7, 11) is 3.33. The molecule has 2 atom stereocenters. The minimum atomic E-state index is -1.18. The van der Waals surface area contributed by atoms with Gasteiger partial charge in [-0.1, -0.05) is 31.2 Å². The van der Waals surface area contributed by atoms with Crippen LogP contribution in [0.3, 0.4) is 0 Å². The molecule has 0 bridgehead atoms. The van der Waals surface area contributed by atoms with E-state index < -0.39 is 5.60 Å². The van der Waals surface area contributed by atoms with Gasteiger partial charge in [0.25, 0.3) is 0 Å². The summed E-state index contributed by atoms with van der Waals surface area (Å²) in [6.45, 7) is 10.4. The van der Waals surface area contributed by atoms with E-state index in [9.17, 15) is 5.11 Å². The highest BCUT2D eigenvalue weighted by atomic mass is 16.5. The Morgan fingerprint density at radius 2 is 1.62 bits per heavy atom. The Morgan fingerprint density at radius 3 is 2.23 bits per heavy atom. The Bertz CT molecular complexity index is 895. The van der Waals surface area contributed by atoms with Crippen LogP contribution in [-0.4, -0.2) is 19.3 Å². The van der Waals surface area contributed by atoms with E-state index in [-0.39, 0.29) is 5.92 Å². The Kier molecular flexibility index (Phi) is 4.61. The second-order valence-corrected chi connectivity index (χ2v) is 7.27. The predicted octanol–water partition coefficient (Wildman–Crippen LogP) is 4.88. The van der Waals surface area contributed by atoms with Crippen LogP contribution < -0.4 is 4.74 Å². The van der Waals surface area contributed by atoms with E-state index in [1.54, 1.807) is 14.2 Å². The Labute approximate surface area is 156 Å². The molecule has 2 unspecified atom stereocenters. The zero-order valence-electron chi connectivity index (χ0n) is 16.7. The molecular formula is C23H28O3. The van der Waals surface area contributed by atoms with Crippen LogP contribution in [0.25, 0.3) is 5.76 Å². The van der Waals surface area contributed by atoms with Crippen LogP contribution in [0.1, 0.15) is 47.2 Å². The van der Waals surface area contributed by atoms with Crippen molar-refractivity contribution < 1.29 is 14.6 Å². The number of rotatable bonds is 3. The van der Waals surface area contributed by atoms with Gasteiger partial charge in [-0.2, -0.15) is 0 Å². The summed E-state index contributed by atoms with van der Waals surface area (Å²) in [5, 5.41) is 12.2. The fourth-order valence-electron chi connectivity index (χ4n) is 4.23. The van der Waals surface area contributed by atoms with Crippen LogP contribution in [0.2, 0.25) is 0 Å². The molecule has 138 valence electrons. The number of fused-ring (bicyclic) bond motifs is 1. The van der Waals surface area contributed by atoms with Gasteiger partial charge in [-0.05, 0) is 61.6 Å². The van der Waals surface area contributed by atoms with Gasteiger partial charge in [0.15, 0.2) is 0 Å². The van der Waals surface area contributed by atoms with Gasteiger partial charge >= 0.3 is 0 Å². The maximum Gasteiger partial charge on any atom is 0.126 e. The van der Waals surface area contributed by atoms with Crippen LogP contribution in [0, 0.1) is 26.7 Å². The average molecular weight is 352 g/mol. The SMILES string of the molecule is COC1=C(C)C(C)C(O)(c2ccc(C)c(C)c2C)c2c(OC)cccc21. The highest BCUT2D eigenvalue weighted by Crippen LogP contribution is 2.52. The van der Waals surface area contributed by atoms with Crippen molar-refractivity contribution in [2.45, 2.75) is 40.2 Å². The maximum absolute atomic E-state index is 12.2. The third kappa shape index (κ3) is 2.38. The monoisotopic (exact) mass is 352 g/mol. The molecule has 0 aliphatic heterocycles. The average Bonchev–Trinajstić information content (AvgIpc) is 2.64. The van der Waals surface area contributed by atoms with Gasteiger partial charge in [-0.25, -0.2) is 0 Å². The molecular weight excluding hydrogens is 324 g/mol. The van der Waals surface area contributed by atoms with Crippen molar-refractivity contribution >= 4 is 5.76 Å². The molecule has 1 N–H and O–H groups in total. The normalized spacial score (nSPS) is 22.2. The third-order valence-corrected chi connectivity index (χ3v) is 6.18. The van der Waals surface area contributed by atoms with Gasteiger partial charge in [0.2, 0.25) is 0 Å². The number of methoxy groups -OCH3 is 2. The maximum atomic E-state index is 12.2. The highest BCUT2D eigenvalue weighted by molar-refractivity contribution is 5.74. The lowest BCUT2D eigenvalue weighted by Gasteiger charge is -2.43. The second kappa shape index (κ2) is 6.48. The standard InChI is InChI=1S/C23H28O3/c1-13-11-12-19(15(3)14(13)2)23(24)17(5)16(4)22(26-7)18-9-8-10-20(25-6)21(18)23/h8-12,17,24H,1-7H3. The molecule has 0 heterocycles. The van der Waals surface area contributed by atoms with Gasteiger partial charge in [0.05, 0.1) is 14.2 Å². The van der Waals surface area contributed by atoms with Crippen LogP contribution in [-0.2, 0) is 10.3 Å². The number of aryl methyl sites for hydroxylation is 1. The topological polar surface area (TPSA) is 38.7 Å². The van der Waals surface area contributed by atoms with Gasteiger partial charge in [-0.3, -0.25) is 0 Å². The molecule has 1 aliphatic carbocycles. The van der Waals surface area contributed by atoms with E-state index in [1.807, 2.05) is 25.1 Å². The van der Waals surface area contributed by atoms with Crippen molar-refractivity contribution in [2.24, 2.45) is 5.92 Å². The molecule has 3 heteroatoms. The molecule has 0 saturated carbocycles. The fourth-order valence-corrected chi connectivity index (χ4v) is 4.23. The molecule has 0 aromatic heterocycles. The molecule has 2 aromatic rings. The smallest absolute Gasteiger partial charge is 0.126 e. The first-order valence-corrected chi connectivity index (χ1v) is 9.01. The van der Waals surface area contributed by atoms with Crippen molar-refractivity contribution in [3.05, 3.63) is 69.3 Å². The summed E-state index contributed by atoms with van der Waals surface area (Å²) in [6.07, 6.45) is 0. The Hall–Kier alpha value is -2.26. The largest absolute Gasteiger partial charge is 0.496 e. The summed E-state index contributed by atoms with van der Waals surface area (Å²) >= 11 is 0. The molecule has 2 aromatic carbocycles. The van der Waals surface area contributed by atoms with Crippen molar-refractivity contribution in [3.8, 4) is 5.75 Å². The summed E-state index contributed by atoms with van der Waals surface area (Å²) in [5.74, 6) is 1.34. The Morgan fingerprint density at radius 1 is 0.923 bits per heavy atom. The molecule has 1 aliphatic rings. The molecule has 3 nitrogen and oxygen atoms in total. The van der Waals surface area contributed by atoms with Gasteiger partial charge in [0, 0.05) is 17.0 Å². The van der Waals surface area contributed by atoms with E-state index >= 15 is 0 Å². The minimum Gasteiger partial charge on any atom is -0.496 e. The van der Waals surface area contributed by atoms with Crippen molar-refractivity contribution in [1.82, 2.24) is 0 Å². The number of aliphatic hydroxyl groups is 1. The van der Waals surface area contributed by atoms with E-state index in [2.05, 4.69) is 39.8 Å². The summed E-state index contributed by atoms with van der Waals surface area (Å²) in [4.78, 5) is 0. The lowest BCUT2D eigenvalue weighted by atomic mass is 9.66. The van der Waals surface area contributed by atoms with Crippen molar-refractivity contribution in [2.75, 3.05) is 14.2 Å². The zero-order valence-corrected chi connectivity index (χ0v) is 16.7. The number of benzene rings is 2. The van der Waals surface area contributed by atoms with E-state index in [0.717, 1.165) is 33.6 Å². The first kappa shape index (κ1) is 18.5. The number of ether oxygens (including phenoxy) is 2. The number of hydrogen-bond acceptors (Lipinski definition) is 3. The fraction of sp³-hybridized carbons (Fsp3) is 0.391. The van der Waals surface area contributed by atoms with Crippen LogP contribution in [0.15, 0.2) is 35.9 Å². The molecule has 0 fully saturated rings. The molecule has 0 saturated heterocycles. The van der Waals surface area contributed by atoms with Crippen LogP contribution in [0.5, 0.6) is 5.75 Å². The van der Waals surface area contributed by atoms with Crippen molar-refractivity contribution in [3.63, 3.8) is 0 Å². The number of hydrogen-bond donors (Lipinski definition) is 1. The van der Waals surface area contributed by atoms with Gasteiger partial charge in [0.1, 0.15) is 17.1 Å². The predicted molar refractivity (Wildman–Crippen MR) is 105 cm³/mol. The molecule has 0 radical (unpaired) electrons. The van der Waals surface area contributed by atoms with E-state index in [4.69, 9.17) is 9.47 Å². The summed E-state index contributed by atoms with van der Waals surface area (Å²) in [6, 6.07) is 9.97. The highest BCUT2D eigenvalue weighted by Gasteiger charge is 2.47.